The number of aryl methyl sites for hydroxylation is 1. The monoisotopic (exact) mass is 370 g/mol. The molecule has 2 aromatic rings. The molecule has 0 radical (unpaired) electrons. The van der Waals surface area contributed by atoms with Crippen molar-refractivity contribution in [2.75, 3.05) is 24.5 Å². The number of hydrogen-bond donors (Lipinski definition) is 1. The van der Waals surface area contributed by atoms with Gasteiger partial charge in [0.2, 0.25) is 0 Å². The van der Waals surface area contributed by atoms with Gasteiger partial charge in [0.1, 0.15) is 5.01 Å². The summed E-state index contributed by atoms with van der Waals surface area (Å²) in [6.07, 6.45) is 4.88. The highest BCUT2D eigenvalue weighted by atomic mass is 32.1. The summed E-state index contributed by atoms with van der Waals surface area (Å²) in [6.45, 7) is 3.97. The summed E-state index contributed by atoms with van der Waals surface area (Å²) >= 11 is 1.61. The first-order chi connectivity index (χ1) is 12.6. The fourth-order valence-electron chi connectivity index (χ4n) is 3.73. The summed E-state index contributed by atoms with van der Waals surface area (Å²) in [5.74, 6) is 0.0192. The molecule has 1 aromatic heterocycles. The molecule has 6 nitrogen and oxygen atoms in total. The lowest BCUT2D eigenvalue weighted by atomic mass is 10.0. The van der Waals surface area contributed by atoms with E-state index in [1.54, 1.807) is 22.4 Å². The molecule has 0 aliphatic carbocycles. The molecular formula is C19H22N4O2S. The van der Waals surface area contributed by atoms with Crippen molar-refractivity contribution in [3.8, 4) is 0 Å². The molecular weight excluding hydrogens is 348 g/mol. The Morgan fingerprint density at radius 2 is 2.19 bits per heavy atom. The summed E-state index contributed by atoms with van der Waals surface area (Å²) < 4.78 is 0. The molecule has 1 N–H and O–H groups in total. The lowest BCUT2D eigenvalue weighted by Gasteiger charge is -2.34. The van der Waals surface area contributed by atoms with Crippen LogP contribution in [-0.4, -0.2) is 41.5 Å². The number of nitrogens with zero attached hydrogens (tertiary/aromatic N) is 3. The predicted molar refractivity (Wildman–Crippen MR) is 102 cm³/mol. The van der Waals surface area contributed by atoms with E-state index < -0.39 is 0 Å². The second-order valence-corrected chi connectivity index (χ2v) is 7.69. The molecule has 26 heavy (non-hydrogen) atoms. The molecule has 2 saturated heterocycles. The van der Waals surface area contributed by atoms with Crippen molar-refractivity contribution >= 4 is 29.0 Å². The molecule has 4 rings (SSSR count). The van der Waals surface area contributed by atoms with E-state index in [0.29, 0.717) is 18.7 Å². The Bertz CT molecular complexity index is 821. The highest BCUT2D eigenvalue weighted by molar-refractivity contribution is 7.09. The maximum atomic E-state index is 13.2. The molecule has 0 unspecified atom stereocenters. The number of urea groups is 1. The van der Waals surface area contributed by atoms with E-state index in [0.717, 1.165) is 42.1 Å². The average Bonchev–Trinajstić information content (AvgIpc) is 3.33. The van der Waals surface area contributed by atoms with E-state index in [2.05, 4.69) is 10.3 Å². The Hall–Kier alpha value is -2.41. The van der Waals surface area contributed by atoms with E-state index in [9.17, 15) is 9.59 Å². The van der Waals surface area contributed by atoms with Crippen molar-refractivity contribution in [2.45, 2.75) is 32.2 Å². The number of benzene rings is 1. The summed E-state index contributed by atoms with van der Waals surface area (Å²) in [7, 11) is 0. The van der Waals surface area contributed by atoms with Crippen LogP contribution in [0.5, 0.6) is 0 Å². The van der Waals surface area contributed by atoms with Crippen molar-refractivity contribution < 1.29 is 9.59 Å². The van der Waals surface area contributed by atoms with E-state index in [-0.39, 0.29) is 18.0 Å². The van der Waals surface area contributed by atoms with Crippen molar-refractivity contribution in [1.82, 2.24) is 15.2 Å². The zero-order chi connectivity index (χ0) is 18.1. The van der Waals surface area contributed by atoms with Gasteiger partial charge >= 0.3 is 6.03 Å². The zero-order valence-electron chi connectivity index (χ0n) is 14.8. The number of anilines is 1. The third-order valence-electron chi connectivity index (χ3n) is 5.10. The van der Waals surface area contributed by atoms with Gasteiger partial charge in [-0.15, -0.1) is 11.3 Å². The first-order valence-electron chi connectivity index (χ1n) is 9.01. The number of carbonyl (C=O) groups is 2. The van der Waals surface area contributed by atoms with Crippen LogP contribution in [0.1, 0.15) is 46.2 Å². The Labute approximate surface area is 156 Å². The largest absolute Gasteiger partial charge is 0.336 e. The summed E-state index contributed by atoms with van der Waals surface area (Å²) in [5.41, 5.74) is 2.44. The van der Waals surface area contributed by atoms with Gasteiger partial charge in [0.05, 0.1) is 6.04 Å². The molecule has 1 aromatic carbocycles. The first kappa shape index (κ1) is 17.0. The van der Waals surface area contributed by atoms with Crippen LogP contribution >= 0.6 is 11.3 Å². The minimum atomic E-state index is -0.101. The zero-order valence-corrected chi connectivity index (χ0v) is 15.6. The Morgan fingerprint density at radius 3 is 2.92 bits per heavy atom. The van der Waals surface area contributed by atoms with Gasteiger partial charge in [-0.1, -0.05) is 6.07 Å². The van der Waals surface area contributed by atoms with Crippen molar-refractivity contribution in [3.63, 3.8) is 0 Å². The fraction of sp³-hybridized carbons (Fsp3) is 0.421. The third-order valence-corrected chi connectivity index (χ3v) is 5.98. The van der Waals surface area contributed by atoms with Gasteiger partial charge in [0, 0.05) is 42.5 Å². The van der Waals surface area contributed by atoms with Crippen molar-refractivity contribution in [2.24, 2.45) is 0 Å². The van der Waals surface area contributed by atoms with Crippen LogP contribution in [0.15, 0.2) is 29.8 Å². The molecule has 7 heteroatoms. The van der Waals surface area contributed by atoms with E-state index in [4.69, 9.17) is 0 Å². The standard InChI is InChI=1S/C19H22N4O2S/c1-13-5-6-14(12-16(13)23-10-7-21-19(23)25)18(24)22-9-3-2-4-15(22)17-20-8-11-26-17/h5-6,8,11-12,15H,2-4,7,9-10H2,1H3,(H,21,25)/t15-/m1/s1. The maximum absolute atomic E-state index is 13.2. The topological polar surface area (TPSA) is 65.5 Å². The number of hydrogen-bond acceptors (Lipinski definition) is 4. The molecule has 2 aliphatic heterocycles. The number of piperidine rings is 1. The van der Waals surface area contributed by atoms with Crippen LogP contribution < -0.4 is 10.2 Å². The average molecular weight is 370 g/mol. The Balaban J connectivity index is 1.64. The van der Waals surface area contributed by atoms with Crippen LogP contribution in [0.2, 0.25) is 0 Å². The number of amides is 3. The smallest absolute Gasteiger partial charge is 0.322 e. The van der Waals surface area contributed by atoms with Crippen molar-refractivity contribution in [3.05, 3.63) is 45.9 Å². The quantitative estimate of drug-likeness (QED) is 0.901. The number of rotatable bonds is 3. The summed E-state index contributed by atoms with van der Waals surface area (Å²) in [6, 6.07) is 5.60. The first-order valence-corrected chi connectivity index (χ1v) is 9.89. The van der Waals surface area contributed by atoms with Gasteiger partial charge in [-0.05, 0) is 43.9 Å². The lowest BCUT2D eigenvalue weighted by Crippen LogP contribution is -2.38. The van der Waals surface area contributed by atoms with Gasteiger partial charge < -0.3 is 10.2 Å². The van der Waals surface area contributed by atoms with Gasteiger partial charge in [-0.2, -0.15) is 0 Å². The number of likely N-dealkylation sites (tertiary alicyclic amines) is 1. The molecule has 1 atom stereocenters. The van der Waals surface area contributed by atoms with Crippen LogP contribution in [-0.2, 0) is 0 Å². The molecule has 0 saturated carbocycles. The molecule has 3 heterocycles. The van der Waals surface area contributed by atoms with Crippen LogP contribution in [0, 0.1) is 6.92 Å². The van der Waals surface area contributed by atoms with Crippen LogP contribution in [0.25, 0.3) is 0 Å². The van der Waals surface area contributed by atoms with Crippen molar-refractivity contribution in [1.29, 1.82) is 0 Å². The molecule has 0 spiro atoms. The number of thiazole rings is 1. The highest BCUT2D eigenvalue weighted by Crippen LogP contribution is 2.34. The molecule has 2 aliphatic rings. The van der Waals surface area contributed by atoms with Crippen LogP contribution in [0.3, 0.4) is 0 Å². The highest BCUT2D eigenvalue weighted by Gasteiger charge is 2.31. The molecule has 2 fully saturated rings. The summed E-state index contributed by atoms with van der Waals surface area (Å²) in [5, 5.41) is 5.78. The SMILES string of the molecule is Cc1ccc(C(=O)N2CCCC[C@@H]2c2nccs2)cc1N1CCNC1=O. The third kappa shape index (κ3) is 3.07. The Morgan fingerprint density at radius 1 is 1.31 bits per heavy atom. The number of carbonyl (C=O) groups excluding carboxylic acids is 2. The van der Waals surface area contributed by atoms with Gasteiger partial charge in [0.15, 0.2) is 0 Å². The second-order valence-electron chi connectivity index (χ2n) is 6.77. The van der Waals surface area contributed by atoms with E-state index >= 15 is 0 Å². The minimum absolute atomic E-state index is 0.0192. The van der Waals surface area contributed by atoms with E-state index in [1.165, 1.54) is 0 Å². The fourth-order valence-corrected chi connectivity index (χ4v) is 4.52. The second kappa shape index (κ2) is 7.07. The molecule has 0 bridgehead atoms. The summed E-state index contributed by atoms with van der Waals surface area (Å²) in [4.78, 5) is 33.4. The predicted octanol–water partition coefficient (Wildman–Crippen LogP) is 3.35. The minimum Gasteiger partial charge on any atom is -0.336 e. The number of aromatic nitrogens is 1. The van der Waals surface area contributed by atoms with Crippen LogP contribution in [0.4, 0.5) is 10.5 Å². The van der Waals surface area contributed by atoms with Gasteiger partial charge in [-0.25, -0.2) is 9.78 Å². The molecule has 3 amide bonds. The number of nitrogens with one attached hydrogen (secondary N) is 1. The van der Waals surface area contributed by atoms with Gasteiger partial charge in [0.25, 0.3) is 5.91 Å². The lowest BCUT2D eigenvalue weighted by molar-refractivity contribution is 0.0611. The normalized spacial score (nSPS) is 20.3. The van der Waals surface area contributed by atoms with E-state index in [1.807, 2.05) is 35.4 Å². The maximum Gasteiger partial charge on any atom is 0.322 e. The van der Waals surface area contributed by atoms with Gasteiger partial charge in [-0.3, -0.25) is 9.69 Å². The molecule has 136 valence electrons. The Kier molecular flexibility index (Phi) is 4.63.